The molecule has 3 heterocycles. The van der Waals surface area contributed by atoms with Gasteiger partial charge in [0.1, 0.15) is 5.75 Å². The highest BCUT2D eigenvalue weighted by Crippen LogP contribution is 2.35. The molecule has 138 valence electrons. The topological polar surface area (TPSA) is 72.9 Å². The van der Waals surface area contributed by atoms with Crippen LogP contribution in [0.15, 0.2) is 41.3 Å². The average molecular weight is 379 g/mol. The first-order valence-corrected chi connectivity index (χ1v) is 8.73. The van der Waals surface area contributed by atoms with Gasteiger partial charge in [-0.05, 0) is 30.7 Å². The number of alkyl halides is 3. The Morgan fingerprint density at radius 1 is 1.20 bits per heavy atom. The molecule has 0 saturated carbocycles. The highest BCUT2D eigenvalue weighted by molar-refractivity contribution is 7.86. The van der Waals surface area contributed by atoms with E-state index in [1.165, 1.54) is 29.2 Å². The van der Waals surface area contributed by atoms with Crippen molar-refractivity contribution in [2.24, 2.45) is 0 Å². The number of fused-ring (bicyclic) bond motifs is 4. The van der Waals surface area contributed by atoms with E-state index in [0.29, 0.717) is 18.6 Å². The molecule has 25 heavy (non-hydrogen) atoms. The largest absolute Gasteiger partial charge is 0.417 e. The fourth-order valence-corrected chi connectivity index (χ4v) is 3.77. The highest BCUT2D eigenvalue weighted by Gasteiger charge is 2.45. The maximum absolute atomic E-state index is 12.4. The summed E-state index contributed by atoms with van der Waals surface area (Å²) in [6.07, 6.45) is 3.62. The first kappa shape index (κ1) is 19.3. The van der Waals surface area contributed by atoms with Crippen molar-refractivity contribution in [3.05, 3.63) is 36.4 Å². The Kier molecular flexibility index (Phi) is 5.73. The SMILES string of the molecule is CCC12CC=CCN1C(=O)Oc1ccc(cc1)S(=O)(=O)O2.FC(F)F. The summed E-state index contributed by atoms with van der Waals surface area (Å²) in [6.45, 7) is -1.64. The molecule has 0 saturated heterocycles. The van der Waals surface area contributed by atoms with E-state index < -0.39 is 28.6 Å². The van der Waals surface area contributed by atoms with Gasteiger partial charge in [0.15, 0.2) is 5.72 Å². The summed E-state index contributed by atoms with van der Waals surface area (Å²) in [5, 5.41) is 0. The van der Waals surface area contributed by atoms with Crippen molar-refractivity contribution in [2.45, 2.75) is 37.1 Å². The van der Waals surface area contributed by atoms with Gasteiger partial charge in [0.05, 0.1) is 4.90 Å². The zero-order valence-corrected chi connectivity index (χ0v) is 14.0. The molecule has 1 amide bonds. The molecule has 2 bridgehead atoms. The molecule has 0 aromatic heterocycles. The van der Waals surface area contributed by atoms with Crippen LogP contribution in [0.25, 0.3) is 0 Å². The lowest BCUT2D eigenvalue weighted by molar-refractivity contribution is -0.0632. The molecule has 4 rings (SSSR count). The van der Waals surface area contributed by atoms with Gasteiger partial charge < -0.3 is 4.74 Å². The van der Waals surface area contributed by atoms with Crippen LogP contribution in [0.4, 0.5) is 18.0 Å². The number of ether oxygens (including phenoxy) is 1. The molecular formula is C15H16F3NO5S. The molecule has 1 aromatic carbocycles. The van der Waals surface area contributed by atoms with Crippen molar-refractivity contribution in [1.29, 1.82) is 0 Å². The van der Waals surface area contributed by atoms with Crippen LogP contribution in [0.1, 0.15) is 19.8 Å². The maximum Gasteiger partial charge on any atom is 0.417 e. The standard InChI is InChI=1S/C14H15NO5S.CHF3/c1-2-14-9-3-4-10-15(14)13(16)19-11-5-7-12(8-6-11)21(17,18)20-14;2-1(3)4/h3-8H,2,9-10H2,1H3;1H. The minimum absolute atomic E-state index is 0.0477. The van der Waals surface area contributed by atoms with Gasteiger partial charge in [0.25, 0.3) is 10.1 Å². The molecule has 0 radical (unpaired) electrons. The zero-order valence-electron chi connectivity index (χ0n) is 13.2. The second-order valence-corrected chi connectivity index (χ2v) is 6.76. The smallest absolute Gasteiger partial charge is 0.410 e. The van der Waals surface area contributed by atoms with Gasteiger partial charge in [-0.1, -0.05) is 19.1 Å². The van der Waals surface area contributed by atoms with Crippen molar-refractivity contribution in [1.82, 2.24) is 4.90 Å². The van der Waals surface area contributed by atoms with Crippen molar-refractivity contribution in [3.63, 3.8) is 0 Å². The van der Waals surface area contributed by atoms with Gasteiger partial charge in [-0.3, -0.25) is 4.90 Å². The third kappa shape index (κ3) is 4.31. The van der Waals surface area contributed by atoms with E-state index in [0.717, 1.165) is 0 Å². The molecular weight excluding hydrogens is 363 g/mol. The van der Waals surface area contributed by atoms with Crippen LogP contribution in [-0.4, -0.2) is 38.4 Å². The average Bonchev–Trinajstić information content (AvgIpc) is 2.54. The summed E-state index contributed by atoms with van der Waals surface area (Å²) in [6, 6.07) is 5.62. The molecule has 3 aliphatic heterocycles. The number of carbonyl (C=O) groups excluding carboxylic acids is 1. The lowest BCUT2D eigenvalue weighted by atomic mass is 10.0. The molecule has 1 unspecified atom stereocenters. The summed E-state index contributed by atoms with van der Waals surface area (Å²) >= 11 is 0. The first-order valence-electron chi connectivity index (χ1n) is 7.32. The van der Waals surface area contributed by atoms with E-state index >= 15 is 0 Å². The summed E-state index contributed by atoms with van der Waals surface area (Å²) in [4.78, 5) is 13.7. The number of benzene rings is 1. The van der Waals surface area contributed by atoms with Crippen LogP contribution >= 0.6 is 0 Å². The van der Waals surface area contributed by atoms with E-state index in [-0.39, 0.29) is 11.4 Å². The molecule has 1 aromatic rings. The fraction of sp³-hybridized carbons (Fsp3) is 0.400. The number of hydrogen-bond acceptors (Lipinski definition) is 5. The van der Waals surface area contributed by atoms with E-state index in [1.54, 1.807) is 13.0 Å². The second-order valence-electron chi connectivity index (χ2n) is 5.21. The lowest BCUT2D eigenvalue weighted by Crippen LogP contribution is -2.56. The van der Waals surface area contributed by atoms with E-state index in [2.05, 4.69) is 0 Å². The third-order valence-electron chi connectivity index (χ3n) is 3.74. The Bertz CT molecular complexity index is 748. The summed E-state index contributed by atoms with van der Waals surface area (Å²) in [7, 11) is -3.95. The van der Waals surface area contributed by atoms with Crippen molar-refractivity contribution in [3.8, 4) is 5.75 Å². The van der Waals surface area contributed by atoms with Crippen molar-refractivity contribution in [2.75, 3.05) is 6.54 Å². The molecule has 3 aliphatic rings. The third-order valence-corrected chi connectivity index (χ3v) is 5.12. The monoisotopic (exact) mass is 379 g/mol. The molecule has 10 heteroatoms. The minimum Gasteiger partial charge on any atom is -0.410 e. The van der Waals surface area contributed by atoms with Gasteiger partial charge in [0.2, 0.25) is 0 Å². The van der Waals surface area contributed by atoms with Crippen LogP contribution in [0, 0.1) is 0 Å². The summed E-state index contributed by atoms with van der Waals surface area (Å²) < 4.78 is 64.6. The number of hydrogen-bond donors (Lipinski definition) is 0. The lowest BCUT2D eigenvalue weighted by Gasteiger charge is -2.42. The van der Waals surface area contributed by atoms with Crippen molar-refractivity contribution < 1.29 is 35.3 Å². The summed E-state index contributed by atoms with van der Waals surface area (Å²) in [5.41, 5.74) is -1.24. The van der Waals surface area contributed by atoms with Gasteiger partial charge in [-0.2, -0.15) is 21.6 Å². The van der Waals surface area contributed by atoms with Crippen molar-refractivity contribution >= 4 is 16.2 Å². The van der Waals surface area contributed by atoms with E-state index in [9.17, 15) is 26.4 Å². The molecule has 6 nitrogen and oxygen atoms in total. The molecule has 0 aliphatic carbocycles. The maximum atomic E-state index is 12.4. The predicted molar refractivity (Wildman–Crippen MR) is 81.3 cm³/mol. The Balaban J connectivity index is 0.000000511. The Hall–Kier alpha value is -2.07. The number of nitrogens with zero attached hydrogens (tertiary/aromatic N) is 1. The van der Waals surface area contributed by atoms with Gasteiger partial charge >= 0.3 is 12.8 Å². The first-order chi connectivity index (χ1) is 11.7. The predicted octanol–water partition coefficient (Wildman–Crippen LogP) is 3.45. The fourth-order valence-electron chi connectivity index (χ4n) is 2.52. The van der Waals surface area contributed by atoms with Gasteiger partial charge in [-0.25, -0.2) is 8.98 Å². The van der Waals surface area contributed by atoms with E-state index in [4.69, 9.17) is 8.92 Å². The molecule has 0 fully saturated rings. The Labute approximate surface area is 142 Å². The van der Waals surface area contributed by atoms with Crippen LogP contribution < -0.4 is 4.74 Å². The summed E-state index contributed by atoms with van der Waals surface area (Å²) in [5.74, 6) is 0.306. The Morgan fingerprint density at radius 2 is 1.80 bits per heavy atom. The quantitative estimate of drug-likeness (QED) is 0.552. The Morgan fingerprint density at radius 3 is 2.36 bits per heavy atom. The highest BCUT2D eigenvalue weighted by atomic mass is 32.2. The van der Waals surface area contributed by atoms with E-state index in [1.807, 2.05) is 6.08 Å². The molecule has 0 N–H and O–H groups in total. The molecule has 0 spiro atoms. The van der Waals surface area contributed by atoms with Gasteiger partial charge in [-0.15, -0.1) is 0 Å². The number of rotatable bonds is 1. The van der Waals surface area contributed by atoms with Crippen LogP contribution in [0.3, 0.4) is 0 Å². The van der Waals surface area contributed by atoms with Crippen LogP contribution in [0.5, 0.6) is 5.75 Å². The second kappa shape index (κ2) is 7.44. The number of amides is 1. The van der Waals surface area contributed by atoms with Crippen LogP contribution in [0.2, 0.25) is 0 Å². The normalized spacial score (nSPS) is 24.2. The number of halogens is 3. The zero-order chi connectivity index (χ0) is 18.7. The number of carbonyl (C=O) groups is 1. The molecule has 1 atom stereocenters. The van der Waals surface area contributed by atoms with Gasteiger partial charge in [0, 0.05) is 13.0 Å². The minimum atomic E-state index is -3.95. The van der Waals surface area contributed by atoms with Crippen LogP contribution in [-0.2, 0) is 14.3 Å².